The maximum atomic E-state index is 11.9. The molecule has 1 heterocycles. The summed E-state index contributed by atoms with van der Waals surface area (Å²) in [4.78, 5) is 11.9. The lowest BCUT2D eigenvalue weighted by Gasteiger charge is -2.06. The van der Waals surface area contributed by atoms with Gasteiger partial charge in [0, 0.05) is 22.3 Å². The molecular weight excluding hydrogens is 319 g/mol. The molecule has 1 amide bonds. The van der Waals surface area contributed by atoms with Gasteiger partial charge in [0.25, 0.3) is 0 Å². The number of hydrogen-bond donors (Lipinski definition) is 1. The number of halogens is 2. The van der Waals surface area contributed by atoms with Crippen LogP contribution in [0.3, 0.4) is 0 Å². The van der Waals surface area contributed by atoms with E-state index in [-0.39, 0.29) is 11.7 Å². The molecule has 0 aliphatic heterocycles. The Kier molecular flexibility index (Phi) is 5.28. The van der Waals surface area contributed by atoms with E-state index in [2.05, 4.69) is 15.5 Å². The molecule has 20 heavy (non-hydrogen) atoms. The minimum absolute atomic E-state index is 0.154. The van der Waals surface area contributed by atoms with Gasteiger partial charge in [-0.05, 0) is 25.1 Å². The topological polar surface area (TPSA) is 59.8 Å². The van der Waals surface area contributed by atoms with E-state index in [0.29, 0.717) is 20.9 Å². The first-order chi connectivity index (χ1) is 9.58. The minimum Gasteiger partial charge on any atom is -0.325 e. The van der Waals surface area contributed by atoms with Crippen LogP contribution in [0.4, 0.5) is 5.69 Å². The Hall–Kier alpha value is -1.24. The van der Waals surface area contributed by atoms with Gasteiger partial charge in [-0.25, -0.2) is 0 Å². The van der Waals surface area contributed by atoms with E-state index in [1.807, 2.05) is 11.5 Å². The maximum absolute atomic E-state index is 11.9. The molecule has 0 unspecified atom stereocenters. The second kappa shape index (κ2) is 6.97. The quantitative estimate of drug-likeness (QED) is 0.854. The van der Waals surface area contributed by atoms with E-state index in [9.17, 15) is 4.79 Å². The smallest absolute Gasteiger partial charge is 0.234 e. The number of amides is 1. The van der Waals surface area contributed by atoms with Crippen molar-refractivity contribution in [2.75, 3.05) is 11.1 Å². The Labute approximate surface area is 130 Å². The van der Waals surface area contributed by atoms with Crippen LogP contribution in [0.2, 0.25) is 10.0 Å². The summed E-state index contributed by atoms with van der Waals surface area (Å²) in [7, 11) is 0. The number of nitrogens with zero attached hydrogens (tertiary/aromatic N) is 3. The molecule has 8 heteroatoms. The zero-order chi connectivity index (χ0) is 14.5. The number of benzene rings is 1. The normalized spacial score (nSPS) is 10.6. The number of carbonyl (C=O) groups excluding carboxylic acids is 1. The second-order valence-corrected chi connectivity index (χ2v) is 5.71. The third-order valence-electron chi connectivity index (χ3n) is 2.40. The van der Waals surface area contributed by atoms with Crippen molar-refractivity contribution >= 4 is 46.6 Å². The summed E-state index contributed by atoms with van der Waals surface area (Å²) in [5.41, 5.74) is 0.574. The number of anilines is 1. The fourth-order valence-electron chi connectivity index (χ4n) is 1.53. The van der Waals surface area contributed by atoms with Gasteiger partial charge in [-0.15, -0.1) is 10.2 Å². The second-order valence-electron chi connectivity index (χ2n) is 3.89. The molecule has 106 valence electrons. The monoisotopic (exact) mass is 330 g/mol. The van der Waals surface area contributed by atoms with E-state index in [1.165, 1.54) is 11.8 Å². The molecule has 1 aromatic heterocycles. The van der Waals surface area contributed by atoms with Crippen LogP contribution in [0.15, 0.2) is 29.7 Å². The van der Waals surface area contributed by atoms with Crippen LogP contribution in [-0.2, 0) is 11.3 Å². The highest BCUT2D eigenvalue weighted by Crippen LogP contribution is 2.23. The lowest BCUT2D eigenvalue weighted by Crippen LogP contribution is -2.14. The Morgan fingerprint density at radius 2 is 2.05 bits per heavy atom. The van der Waals surface area contributed by atoms with Gasteiger partial charge >= 0.3 is 0 Å². The van der Waals surface area contributed by atoms with Gasteiger partial charge in [-0.2, -0.15) is 0 Å². The Morgan fingerprint density at radius 1 is 1.35 bits per heavy atom. The van der Waals surface area contributed by atoms with Gasteiger partial charge < -0.3 is 9.88 Å². The van der Waals surface area contributed by atoms with Crippen molar-refractivity contribution in [3.05, 3.63) is 34.6 Å². The van der Waals surface area contributed by atoms with Crippen molar-refractivity contribution in [3.63, 3.8) is 0 Å². The van der Waals surface area contributed by atoms with Gasteiger partial charge in [-0.3, -0.25) is 4.79 Å². The fraction of sp³-hybridized carbons (Fsp3) is 0.250. The third kappa shape index (κ3) is 4.13. The van der Waals surface area contributed by atoms with Crippen LogP contribution >= 0.6 is 35.0 Å². The Bertz CT molecular complexity index is 597. The van der Waals surface area contributed by atoms with Gasteiger partial charge in [-0.1, -0.05) is 35.0 Å². The zero-order valence-electron chi connectivity index (χ0n) is 10.6. The lowest BCUT2D eigenvalue weighted by molar-refractivity contribution is -0.113. The van der Waals surface area contributed by atoms with E-state index >= 15 is 0 Å². The number of aryl methyl sites for hydroxylation is 1. The van der Waals surface area contributed by atoms with Crippen molar-refractivity contribution in [2.45, 2.75) is 18.6 Å². The highest BCUT2D eigenvalue weighted by molar-refractivity contribution is 7.99. The van der Waals surface area contributed by atoms with Crippen LogP contribution < -0.4 is 5.32 Å². The molecule has 0 fully saturated rings. The molecule has 5 nitrogen and oxygen atoms in total. The first kappa shape index (κ1) is 15.2. The third-order valence-corrected chi connectivity index (χ3v) is 3.82. The van der Waals surface area contributed by atoms with E-state index < -0.39 is 0 Å². The molecule has 2 aromatic rings. The van der Waals surface area contributed by atoms with Gasteiger partial charge in [0.2, 0.25) is 5.91 Å². The molecule has 2 rings (SSSR count). The number of nitrogens with one attached hydrogen (secondary N) is 1. The van der Waals surface area contributed by atoms with E-state index in [1.54, 1.807) is 24.5 Å². The summed E-state index contributed by atoms with van der Waals surface area (Å²) in [6, 6.07) is 4.90. The lowest BCUT2D eigenvalue weighted by atomic mass is 10.3. The van der Waals surface area contributed by atoms with E-state index in [0.717, 1.165) is 6.54 Å². The molecule has 0 aliphatic carbocycles. The summed E-state index contributed by atoms with van der Waals surface area (Å²) >= 11 is 13.1. The molecule has 0 saturated carbocycles. The standard InChI is InChI=1S/C12H12Cl2N4OS/c1-2-18-7-15-17-12(18)20-6-11(19)16-10-4-8(13)3-9(14)5-10/h3-5,7H,2,6H2,1H3,(H,16,19). The fourth-order valence-corrected chi connectivity index (χ4v) is 2.83. The van der Waals surface area contributed by atoms with Crippen LogP contribution in [-0.4, -0.2) is 26.4 Å². The Balaban J connectivity index is 1.92. The average Bonchev–Trinajstić information content (AvgIpc) is 2.82. The van der Waals surface area contributed by atoms with Crippen molar-refractivity contribution < 1.29 is 4.79 Å². The maximum Gasteiger partial charge on any atom is 0.234 e. The van der Waals surface area contributed by atoms with Crippen LogP contribution in [0, 0.1) is 0 Å². The molecular formula is C12H12Cl2N4OS. The minimum atomic E-state index is -0.154. The van der Waals surface area contributed by atoms with Gasteiger partial charge in [0.1, 0.15) is 6.33 Å². The number of thioether (sulfide) groups is 1. The first-order valence-electron chi connectivity index (χ1n) is 5.85. The van der Waals surface area contributed by atoms with Gasteiger partial charge in [0.15, 0.2) is 5.16 Å². The molecule has 0 aliphatic rings. The number of aromatic nitrogens is 3. The SMILES string of the molecule is CCn1cnnc1SCC(=O)Nc1cc(Cl)cc(Cl)c1. The Morgan fingerprint density at radius 3 is 2.70 bits per heavy atom. The van der Waals surface area contributed by atoms with Crippen molar-refractivity contribution in [1.29, 1.82) is 0 Å². The van der Waals surface area contributed by atoms with Crippen LogP contribution in [0.1, 0.15) is 6.92 Å². The highest BCUT2D eigenvalue weighted by atomic mass is 35.5. The van der Waals surface area contributed by atoms with Crippen LogP contribution in [0.5, 0.6) is 0 Å². The number of hydrogen-bond acceptors (Lipinski definition) is 4. The summed E-state index contributed by atoms with van der Waals surface area (Å²) in [5.74, 6) is 0.0852. The molecule has 0 saturated heterocycles. The summed E-state index contributed by atoms with van der Waals surface area (Å²) in [6.45, 7) is 2.75. The van der Waals surface area contributed by atoms with Crippen molar-refractivity contribution in [1.82, 2.24) is 14.8 Å². The van der Waals surface area contributed by atoms with Crippen molar-refractivity contribution in [3.8, 4) is 0 Å². The largest absolute Gasteiger partial charge is 0.325 e. The predicted octanol–water partition coefficient (Wildman–Crippen LogP) is 3.34. The molecule has 0 spiro atoms. The summed E-state index contributed by atoms with van der Waals surface area (Å²) < 4.78 is 1.87. The molecule has 1 N–H and O–H groups in total. The highest BCUT2D eigenvalue weighted by Gasteiger charge is 2.09. The summed E-state index contributed by atoms with van der Waals surface area (Å²) in [5, 5.41) is 12.2. The van der Waals surface area contributed by atoms with Gasteiger partial charge in [0.05, 0.1) is 5.75 Å². The molecule has 0 atom stereocenters. The average molecular weight is 331 g/mol. The van der Waals surface area contributed by atoms with Crippen LogP contribution in [0.25, 0.3) is 0 Å². The first-order valence-corrected chi connectivity index (χ1v) is 7.59. The summed E-state index contributed by atoms with van der Waals surface area (Å²) in [6.07, 6.45) is 1.64. The predicted molar refractivity (Wildman–Crippen MR) is 81.5 cm³/mol. The number of carbonyl (C=O) groups is 1. The zero-order valence-corrected chi connectivity index (χ0v) is 13.0. The van der Waals surface area contributed by atoms with Crippen molar-refractivity contribution in [2.24, 2.45) is 0 Å². The molecule has 1 aromatic carbocycles. The molecule has 0 radical (unpaired) electrons. The molecule has 0 bridgehead atoms. The van der Waals surface area contributed by atoms with E-state index in [4.69, 9.17) is 23.2 Å². The number of rotatable bonds is 5.